The quantitative estimate of drug-likeness (QED) is 0.324. The fraction of sp³-hybridized carbons (Fsp3) is 0.650. The van der Waals surface area contributed by atoms with Crippen LogP contribution in [0.25, 0.3) is 0 Å². The Balaban J connectivity index is 4.59. The van der Waals surface area contributed by atoms with Crippen molar-refractivity contribution in [2.24, 2.45) is 0 Å². The van der Waals surface area contributed by atoms with Crippen molar-refractivity contribution in [2.45, 2.75) is 84.4 Å². The van der Waals surface area contributed by atoms with Crippen LogP contribution in [0.5, 0.6) is 0 Å². The van der Waals surface area contributed by atoms with Crippen LogP contribution < -0.4 is 0 Å². The maximum Gasteiger partial charge on any atom is 0.331 e. The van der Waals surface area contributed by atoms with Gasteiger partial charge in [0.25, 0.3) is 0 Å². The molecule has 4 atom stereocenters. The predicted octanol–water partition coefficient (Wildman–Crippen LogP) is 1.83. The second kappa shape index (κ2) is 12.3. The van der Waals surface area contributed by atoms with Crippen LogP contribution in [0, 0.1) is 0 Å². The van der Waals surface area contributed by atoms with Crippen LogP contribution in [0.3, 0.4) is 0 Å². The van der Waals surface area contributed by atoms with E-state index in [0.29, 0.717) is 6.42 Å². The zero-order valence-electron chi connectivity index (χ0n) is 17.4. The Morgan fingerprint density at radius 2 is 1.57 bits per heavy atom. The number of hydrogen-bond donors (Lipinski definition) is 2. The van der Waals surface area contributed by atoms with Gasteiger partial charge in [-0.25, -0.2) is 9.59 Å². The Hall–Kier alpha value is -2.19. The van der Waals surface area contributed by atoms with E-state index in [2.05, 4.69) is 0 Å². The first-order chi connectivity index (χ1) is 12.8. The Bertz CT molecular complexity index is 569. The van der Waals surface area contributed by atoms with Gasteiger partial charge in [0.05, 0.1) is 18.6 Å². The summed E-state index contributed by atoms with van der Waals surface area (Å²) in [5, 5.41) is 18.8. The third-order valence-corrected chi connectivity index (χ3v) is 3.07. The molecule has 2 N–H and O–H groups in total. The minimum atomic E-state index is -1.05. The third kappa shape index (κ3) is 13.9. The molecule has 0 aliphatic carbocycles. The van der Waals surface area contributed by atoms with Gasteiger partial charge in [0.2, 0.25) is 0 Å². The lowest BCUT2D eigenvalue weighted by atomic mass is 10.2. The van der Waals surface area contributed by atoms with E-state index in [-0.39, 0.29) is 6.42 Å². The molecule has 0 heterocycles. The summed E-state index contributed by atoms with van der Waals surface area (Å²) in [6.07, 6.45) is 1.66. The van der Waals surface area contributed by atoms with Gasteiger partial charge in [0.1, 0.15) is 17.8 Å². The molecule has 0 saturated carbocycles. The molecule has 0 bridgehead atoms. The molecule has 0 radical (unpaired) electrons. The number of carbonyl (C=O) groups excluding carboxylic acids is 3. The topological polar surface area (TPSA) is 119 Å². The summed E-state index contributed by atoms with van der Waals surface area (Å²) in [5.41, 5.74) is -0.665. The Labute approximate surface area is 166 Å². The fourth-order valence-electron chi connectivity index (χ4n) is 1.88. The molecule has 0 amide bonds. The lowest BCUT2D eigenvalue weighted by Gasteiger charge is -2.20. The van der Waals surface area contributed by atoms with Crippen LogP contribution in [0.1, 0.15) is 54.4 Å². The molecule has 160 valence electrons. The van der Waals surface area contributed by atoms with Crippen LogP contribution in [0.15, 0.2) is 24.3 Å². The normalized spacial score (nSPS) is 16.4. The number of aliphatic hydroxyl groups is 2. The van der Waals surface area contributed by atoms with Crippen LogP contribution in [-0.4, -0.2) is 58.1 Å². The fourth-order valence-corrected chi connectivity index (χ4v) is 1.88. The van der Waals surface area contributed by atoms with E-state index in [4.69, 9.17) is 19.3 Å². The summed E-state index contributed by atoms with van der Waals surface area (Å²) in [7, 11) is 0. The summed E-state index contributed by atoms with van der Waals surface area (Å²) in [6.45, 7) is 9.67. The molecule has 28 heavy (non-hydrogen) atoms. The van der Waals surface area contributed by atoms with Crippen molar-refractivity contribution >= 4 is 17.9 Å². The van der Waals surface area contributed by atoms with E-state index in [9.17, 15) is 19.5 Å². The molecular formula is C20H32O8. The van der Waals surface area contributed by atoms with Crippen molar-refractivity contribution in [3.05, 3.63) is 24.3 Å². The molecule has 0 rings (SSSR count). The van der Waals surface area contributed by atoms with Crippen LogP contribution in [-0.2, 0) is 28.6 Å². The minimum absolute atomic E-state index is 0.223. The van der Waals surface area contributed by atoms with Crippen molar-refractivity contribution in [1.29, 1.82) is 0 Å². The summed E-state index contributed by atoms with van der Waals surface area (Å²) in [6, 6.07) is 0. The standard InChI is InChI=1S/C20H32O8/c1-13(21)8-7-9-17(23)26-14(2)12-19(25)27-16(15(3)22)10-11-18(24)28-20(4,5)6/h7,9-11,13-16,21-22H,8,12H2,1-6H3/b9-7+,11-10+/t13-,14+,15-,16+/m0/s1. The van der Waals surface area contributed by atoms with E-state index in [0.717, 1.165) is 6.08 Å². The van der Waals surface area contributed by atoms with E-state index in [1.165, 1.54) is 32.1 Å². The van der Waals surface area contributed by atoms with E-state index < -0.39 is 47.9 Å². The summed E-state index contributed by atoms with van der Waals surface area (Å²) in [4.78, 5) is 35.3. The smallest absolute Gasteiger partial charge is 0.331 e. The highest BCUT2D eigenvalue weighted by Gasteiger charge is 2.21. The highest BCUT2D eigenvalue weighted by Crippen LogP contribution is 2.10. The summed E-state index contributed by atoms with van der Waals surface area (Å²) in [5.74, 6) is -1.97. The number of esters is 3. The van der Waals surface area contributed by atoms with E-state index in [1.54, 1.807) is 27.7 Å². The first-order valence-corrected chi connectivity index (χ1v) is 9.14. The van der Waals surface area contributed by atoms with Gasteiger partial charge in [-0.3, -0.25) is 4.79 Å². The maximum atomic E-state index is 12.0. The molecule has 8 heteroatoms. The zero-order valence-corrected chi connectivity index (χ0v) is 17.4. The number of carbonyl (C=O) groups is 3. The Morgan fingerprint density at radius 3 is 2.07 bits per heavy atom. The summed E-state index contributed by atoms with van der Waals surface area (Å²) >= 11 is 0. The molecule has 0 unspecified atom stereocenters. The highest BCUT2D eigenvalue weighted by molar-refractivity contribution is 5.83. The molecule has 0 aliphatic rings. The molecule has 0 aliphatic heterocycles. The van der Waals surface area contributed by atoms with Crippen LogP contribution >= 0.6 is 0 Å². The third-order valence-electron chi connectivity index (χ3n) is 3.07. The van der Waals surface area contributed by atoms with Gasteiger partial charge in [-0.2, -0.15) is 0 Å². The van der Waals surface area contributed by atoms with Gasteiger partial charge in [-0.15, -0.1) is 0 Å². The van der Waals surface area contributed by atoms with Gasteiger partial charge in [0, 0.05) is 12.2 Å². The number of aliphatic hydroxyl groups excluding tert-OH is 2. The van der Waals surface area contributed by atoms with Gasteiger partial charge < -0.3 is 24.4 Å². The van der Waals surface area contributed by atoms with Gasteiger partial charge in [-0.1, -0.05) is 6.08 Å². The van der Waals surface area contributed by atoms with Crippen LogP contribution in [0.4, 0.5) is 0 Å². The second-order valence-electron chi connectivity index (χ2n) is 7.53. The maximum absolute atomic E-state index is 12.0. The van der Waals surface area contributed by atoms with E-state index in [1.807, 2.05) is 0 Å². The van der Waals surface area contributed by atoms with Crippen molar-refractivity contribution in [2.75, 3.05) is 0 Å². The number of rotatable bonds is 10. The highest BCUT2D eigenvalue weighted by atomic mass is 16.6. The van der Waals surface area contributed by atoms with E-state index >= 15 is 0 Å². The predicted molar refractivity (Wildman–Crippen MR) is 102 cm³/mol. The van der Waals surface area contributed by atoms with Gasteiger partial charge in [-0.05, 0) is 54.0 Å². The Kier molecular flexibility index (Phi) is 11.3. The van der Waals surface area contributed by atoms with Crippen molar-refractivity contribution in [3.63, 3.8) is 0 Å². The van der Waals surface area contributed by atoms with Gasteiger partial charge >= 0.3 is 17.9 Å². The monoisotopic (exact) mass is 400 g/mol. The molecule has 0 saturated heterocycles. The average molecular weight is 400 g/mol. The van der Waals surface area contributed by atoms with Crippen molar-refractivity contribution in [3.8, 4) is 0 Å². The molecule has 0 aromatic heterocycles. The average Bonchev–Trinajstić information content (AvgIpc) is 2.48. The lowest BCUT2D eigenvalue weighted by molar-refractivity contribution is -0.157. The number of hydrogen-bond acceptors (Lipinski definition) is 8. The molecule has 0 fully saturated rings. The molecular weight excluding hydrogens is 368 g/mol. The Morgan fingerprint density at radius 1 is 0.964 bits per heavy atom. The molecule has 0 aromatic rings. The molecule has 0 spiro atoms. The molecule has 8 nitrogen and oxygen atoms in total. The SMILES string of the molecule is C[C@H](O)C/C=C/C(=O)O[C@H](C)CC(=O)O[C@H](/C=C/C(=O)OC(C)(C)C)[C@H](C)O. The first kappa shape index (κ1) is 25.8. The lowest BCUT2D eigenvalue weighted by Crippen LogP contribution is -2.30. The zero-order chi connectivity index (χ0) is 21.9. The minimum Gasteiger partial charge on any atom is -0.459 e. The molecule has 0 aromatic carbocycles. The van der Waals surface area contributed by atoms with Gasteiger partial charge in [0.15, 0.2) is 0 Å². The van der Waals surface area contributed by atoms with Crippen LogP contribution in [0.2, 0.25) is 0 Å². The number of ether oxygens (including phenoxy) is 3. The van der Waals surface area contributed by atoms with Crippen molar-refractivity contribution in [1.82, 2.24) is 0 Å². The first-order valence-electron chi connectivity index (χ1n) is 9.14. The van der Waals surface area contributed by atoms with Crippen molar-refractivity contribution < 1.29 is 38.8 Å². The summed E-state index contributed by atoms with van der Waals surface area (Å²) < 4.78 is 15.3. The second-order valence-corrected chi connectivity index (χ2v) is 7.53. The largest absolute Gasteiger partial charge is 0.459 e.